The van der Waals surface area contributed by atoms with E-state index >= 15 is 0 Å². The molecule has 0 aromatic heterocycles. The van der Waals surface area contributed by atoms with Gasteiger partial charge in [-0.15, -0.1) is 11.6 Å². The van der Waals surface area contributed by atoms with Crippen molar-refractivity contribution in [3.05, 3.63) is 35.4 Å². The van der Waals surface area contributed by atoms with Gasteiger partial charge in [-0.3, -0.25) is 4.79 Å². The number of carbonyl (C=O) groups is 2. The molecule has 98 valence electrons. The predicted octanol–water partition coefficient (Wildman–Crippen LogP) is 3.46. The molecule has 0 radical (unpaired) electrons. The number of benzene rings is 1. The lowest BCUT2D eigenvalue weighted by molar-refractivity contribution is 0.0526. The molecule has 0 aliphatic heterocycles. The minimum Gasteiger partial charge on any atom is -0.462 e. The molecule has 1 aromatic carbocycles. The van der Waals surface area contributed by atoms with Crippen molar-refractivity contribution >= 4 is 23.4 Å². The molecule has 3 nitrogen and oxygen atoms in total. The molecule has 0 fully saturated rings. The summed E-state index contributed by atoms with van der Waals surface area (Å²) in [6.45, 7) is 2.10. The second-order valence-corrected chi connectivity index (χ2v) is 4.25. The summed E-state index contributed by atoms with van der Waals surface area (Å²) in [5, 5.41) is 0. The van der Waals surface area contributed by atoms with Crippen molar-refractivity contribution in [1.29, 1.82) is 0 Å². The number of carbonyl (C=O) groups excluding carboxylic acids is 2. The summed E-state index contributed by atoms with van der Waals surface area (Å²) in [6, 6.07) is 6.56. The number of halogens is 1. The van der Waals surface area contributed by atoms with Crippen molar-refractivity contribution in [1.82, 2.24) is 0 Å². The quantitative estimate of drug-likeness (QED) is 0.329. The van der Waals surface area contributed by atoms with E-state index in [4.69, 9.17) is 16.3 Å². The summed E-state index contributed by atoms with van der Waals surface area (Å²) in [6.07, 6.45) is 2.13. The van der Waals surface area contributed by atoms with Crippen LogP contribution in [0.2, 0.25) is 0 Å². The monoisotopic (exact) mass is 268 g/mol. The highest BCUT2D eigenvalue weighted by Crippen LogP contribution is 2.10. The van der Waals surface area contributed by atoms with Crippen LogP contribution >= 0.6 is 11.6 Å². The van der Waals surface area contributed by atoms with Gasteiger partial charge in [-0.2, -0.15) is 0 Å². The topological polar surface area (TPSA) is 43.4 Å². The van der Waals surface area contributed by atoms with E-state index in [1.54, 1.807) is 31.2 Å². The summed E-state index contributed by atoms with van der Waals surface area (Å²) in [5.74, 6) is 0.295. The Kier molecular flexibility index (Phi) is 6.44. The third-order valence-electron chi connectivity index (χ3n) is 2.51. The van der Waals surface area contributed by atoms with Gasteiger partial charge in [0.15, 0.2) is 5.78 Å². The molecule has 0 bridgehead atoms. The molecule has 18 heavy (non-hydrogen) atoms. The van der Waals surface area contributed by atoms with Crippen LogP contribution in [0.1, 0.15) is 46.9 Å². The molecule has 0 heterocycles. The van der Waals surface area contributed by atoms with Gasteiger partial charge in [-0.1, -0.05) is 12.1 Å². The molecule has 0 aliphatic rings. The Morgan fingerprint density at radius 3 is 2.28 bits per heavy atom. The van der Waals surface area contributed by atoms with Crippen molar-refractivity contribution in [2.24, 2.45) is 0 Å². The van der Waals surface area contributed by atoms with Gasteiger partial charge in [0, 0.05) is 17.9 Å². The molecular weight excluding hydrogens is 252 g/mol. The fraction of sp³-hybridized carbons (Fsp3) is 0.429. The molecule has 4 heteroatoms. The van der Waals surface area contributed by atoms with Gasteiger partial charge < -0.3 is 4.74 Å². The van der Waals surface area contributed by atoms with E-state index < -0.39 is 0 Å². The van der Waals surface area contributed by atoms with Crippen LogP contribution in [-0.4, -0.2) is 24.2 Å². The highest BCUT2D eigenvalue weighted by molar-refractivity contribution is 6.17. The number of ketones is 1. The van der Waals surface area contributed by atoms with Gasteiger partial charge in [0.1, 0.15) is 0 Å². The van der Waals surface area contributed by atoms with E-state index in [1.807, 2.05) is 0 Å². The number of hydrogen-bond donors (Lipinski definition) is 0. The Morgan fingerprint density at radius 1 is 1.11 bits per heavy atom. The smallest absolute Gasteiger partial charge is 0.338 e. The van der Waals surface area contributed by atoms with E-state index in [2.05, 4.69) is 0 Å². The highest BCUT2D eigenvalue weighted by atomic mass is 35.5. The number of ether oxygens (including phenoxy) is 1. The fourth-order valence-corrected chi connectivity index (χ4v) is 1.72. The first-order valence-corrected chi connectivity index (χ1v) is 6.58. The number of rotatable bonds is 7. The minimum atomic E-state index is -0.362. The van der Waals surface area contributed by atoms with Crippen LogP contribution in [-0.2, 0) is 4.74 Å². The maximum Gasteiger partial charge on any atom is 0.338 e. The third kappa shape index (κ3) is 4.49. The van der Waals surface area contributed by atoms with Gasteiger partial charge in [0.05, 0.1) is 12.2 Å². The molecule has 0 atom stereocenters. The zero-order valence-corrected chi connectivity index (χ0v) is 11.2. The maximum atomic E-state index is 11.8. The molecule has 1 aromatic rings. The number of esters is 1. The first-order valence-electron chi connectivity index (χ1n) is 6.05. The van der Waals surface area contributed by atoms with E-state index in [0.29, 0.717) is 30.0 Å². The molecule has 1 rings (SSSR count). The Hall–Kier alpha value is -1.35. The summed E-state index contributed by atoms with van der Waals surface area (Å²) >= 11 is 5.55. The van der Waals surface area contributed by atoms with Crippen LogP contribution in [0.15, 0.2) is 24.3 Å². The lowest BCUT2D eigenvalue weighted by Gasteiger charge is -2.03. The number of unbranched alkanes of at least 4 members (excludes halogenated alkanes) is 1. The molecule has 0 amide bonds. The van der Waals surface area contributed by atoms with Gasteiger partial charge >= 0.3 is 5.97 Å². The zero-order valence-electron chi connectivity index (χ0n) is 10.4. The van der Waals surface area contributed by atoms with Crippen molar-refractivity contribution in [3.8, 4) is 0 Å². The second-order valence-electron chi connectivity index (χ2n) is 3.87. The van der Waals surface area contributed by atoms with Crippen molar-refractivity contribution in [2.75, 3.05) is 12.5 Å². The van der Waals surface area contributed by atoms with Gasteiger partial charge in [0.2, 0.25) is 0 Å². The lowest BCUT2D eigenvalue weighted by atomic mass is 10.0. The normalized spacial score (nSPS) is 10.1. The molecule has 0 spiro atoms. The van der Waals surface area contributed by atoms with E-state index in [-0.39, 0.29) is 11.8 Å². The largest absolute Gasteiger partial charge is 0.462 e. The third-order valence-corrected chi connectivity index (χ3v) is 2.77. The maximum absolute atomic E-state index is 11.8. The number of hydrogen-bond acceptors (Lipinski definition) is 3. The Labute approximate surface area is 112 Å². The zero-order chi connectivity index (χ0) is 13.4. The van der Waals surface area contributed by atoms with E-state index in [9.17, 15) is 9.59 Å². The summed E-state index contributed by atoms with van der Waals surface area (Å²) in [5.41, 5.74) is 1.09. The van der Waals surface area contributed by atoms with Gasteiger partial charge in [-0.05, 0) is 31.9 Å². The predicted molar refractivity (Wildman–Crippen MR) is 71.3 cm³/mol. The highest BCUT2D eigenvalue weighted by Gasteiger charge is 2.09. The van der Waals surface area contributed by atoms with Crippen LogP contribution in [0, 0.1) is 0 Å². The molecular formula is C14H17ClO3. The first-order chi connectivity index (χ1) is 8.69. The molecule has 0 N–H and O–H groups in total. The van der Waals surface area contributed by atoms with Crippen LogP contribution in [0.5, 0.6) is 0 Å². The van der Waals surface area contributed by atoms with Gasteiger partial charge in [0.25, 0.3) is 0 Å². The van der Waals surface area contributed by atoms with E-state index in [0.717, 1.165) is 12.8 Å². The molecule has 0 saturated heterocycles. The number of Topliss-reactive ketones (excluding diaryl/α,β-unsaturated/α-hetero) is 1. The lowest BCUT2D eigenvalue weighted by Crippen LogP contribution is -2.05. The molecule has 0 saturated carbocycles. The van der Waals surface area contributed by atoms with E-state index in [1.165, 1.54) is 0 Å². The first kappa shape index (κ1) is 14.7. The van der Waals surface area contributed by atoms with Gasteiger partial charge in [-0.25, -0.2) is 4.79 Å². The van der Waals surface area contributed by atoms with Crippen LogP contribution in [0.3, 0.4) is 0 Å². The fourth-order valence-electron chi connectivity index (χ4n) is 1.53. The summed E-state index contributed by atoms with van der Waals surface area (Å²) < 4.78 is 4.87. The Balaban J connectivity index is 2.59. The average Bonchev–Trinajstić information content (AvgIpc) is 2.39. The van der Waals surface area contributed by atoms with Crippen LogP contribution in [0.25, 0.3) is 0 Å². The summed E-state index contributed by atoms with van der Waals surface area (Å²) in [4.78, 5) is 23.2. The molecule has 0 aliphatic carbocycles. The second kappa shape index (κ2) is 7.88. The van der Waals surface area contributed by atoms with Crippen molar-refractivity contribution in [2.45, 2.75) is 26.2 Å². The average molecular weight is 269 g/mol. The van der Waals surface area contributed by atoms with Crippen LogP contribution in [0.4, 0.5) is 0 Å². The standard InChI is InChI=1S/C14H17ClO3/c1-2-18-14(17)12-8-6-11(7-9-12)13(16)5-3-4-10-15/h6-9H,2-5,10H2,1H3. The number of alkyl halides is 1. The Morgan fingerprint density at radius 2 is 1.72 bits per heavy atom. The minimum absolute atomic E-state index is 0.0792. The SMILES string of the molecule is CCOC(=O)c1ccc(C(=O)CCCCCl)cc1. The molecule has 0 unspecified atom stereocenters. The van der Waals surface area contributed by atoms with Crippen molar-refractivity contribution < 1.29 is 14.3 Å². The summed E-state index contributed by atoms with van der Waals surface area (Å²) in [7, 11) is 0. The van der Waals surface area contributed by atoms with Crippen molar-refractivity contribution in [3.63, 3.8) is 0 Å². The van der Waals surface area contributed by atoms with Crippen LogP contribution < -0.4 is 0 Å². The Bertz CT molecular complexity index is 398.